The van der Waals surface area contributed by atoms with Crippen molar-refractivity contribution in [3.05, 3.63) is 0 Å². The number of ether oxygens (including phenoxy) is 1. The molecule has 0 rings (SSSR count). The maximum atomic E-state index is 10.8. The van der Waals surface area contributed by atoms with Crippen LogP contribution >= 0.6 is 9.29 Å². The molecule has 0 saturated heterocycles. The number of hydrogen-bond acceptors (Lipinski definition) is 3. The second kappa shape index (κ2) is 6.22. The van der Waals surface area contributed by atoms with Gasteiger partial charge in [0.1, 0.15) is 0 Å². The Kier molecular flexibility index (Phi) is 6.52. The summed E-state index contributed by atoms with van der Waals surface area (Å²) in [6.45, 7) is 3.71. The number of carbonyl (C=O) groups excluding carboxylic acids is 1. The van der Waals surface area contributed by atoms with Crippen molar-refractivity contribution in [2.75, 3.05) is 0 Å². The average Bonchev–Trinajstić information content (AvgIpc) is 1.82. The van der Waals surface area contributed by atoms with Gasteiger partial charge in [-0.3, -0.25) is 0 Å². The number of rotatable bonds is 4. The van der Waals surface area contributed by atoms with Gasteiger partial charge in [-0.15, -0.1) is 0 Å². The van der Waals surface area contributed by atoms with Crippen LogP contribution in [0.15, 0.2) is 0 Å². The second-order valence-corrected chi connectivity index (χ2v) is 6.37. The van der Waals surface area contributed by atoms with Gasteiger partial charge >= 0.3 is 74.8 Å². The van der Waals surface area contributed by atoms with E-state index in [-0.39, 0.29) is 12.1 Å². The van der Waals surface area contributed by atoms with E-state index in [1.54, 1.807) is 0 Å². The quantitative estimate of drug-likeness (QED) is 0.570. The van der Waals surface area contributed by atoms with Gasteiger partial charge in [0.25, 0.3) is 0 Å². The molecule has 0 aromatic rings. The van der Waals surface area contributed by atoms with Gasteiger partial charge in [-0.1, -0.05) is 0 Å². The predicted molar refractivity (Wildman–Crippen MR) is 44.0 cm³/mol. The van der Waals surface area contributed by atoms with Gasteiger partial charge in [0.15, 0.2) is 0 Å². The molecule has 1 radical (unpaired) electrons. The van der Waals surface area contributed by atoms with Crippen LogP contribution in [0.4, 0.5) is 0 Å². The molecule has 0 spiro atoms. The van der Waals surface area contributed by atoms with E-state index in [0.29, 0.717) is 6.42 Å². The van der Waals surface area contributed by atoms with Crippen LogP contribution in [0.25, 0.3) is 0 Å². The summed E-state index contributed by atoms with van der Waals surface area (Å²) in [5.41, 5.74) is 0. The van der Waals surface area contributed by atoms with Crippen LogP contribution in [-0.2, 0) is 9.53 Å². The van der Waals surface area contributed by atoms with Gasteiger partial charge in [0.2, 0.25) is 0 Å². The molecule has 0 unspecified atom stereocenters. The summed E-state index contributed by atoms with van der Waals surface area (Å²) in [6.07, 6.45) is 0.552. The molecular weight excluding hydrogens is 255 g/mol. The molecule has 0 aromatic heterocycles. The molecule has 2 nitrogen and oxygen atoms in total. The van der Waals surface area contributed by atoms with Gasteiger partial charge in [0.05, 0.1) is 0 Å². The first-order valence-electron chi connectivity index (χ1n) is 3.21. The molecule has 0 N–H and O–H groups in total. The van der Waals surface area contributed by atoms with Gasteiger partial charge in [-0.05, 0) is 0 Å². The van der Waals surface area contributed by atoms with Crippen molar-refractivity contribution in [3.8, 4) is 0 Å². The molecule has 0 bridgehead atoms. The molecule has 4 heteroatoms. The van der Waals surface area contributed by atoms with Crippen LogP contribution < -0.4 is 0 Å². The topological polar surface area (TPSA) is 26.3 Å². The van der Waals surface area contributed by atoms with Gasteiger partial charge in [0, 0.05) is 0 Å². The van der Waals surface area contributed by atoms with Crippen molar-refractivity contribution in [1.82, 2.24) is 0 Å². The van der Waals surface area contributed by atoms with Crippen molar-refractivity contribution in [2.45, 2.75) is 30.8 Å². The zero-order chi connectivity index (χ0) is 7.98. The first-order chi connectivity index (χ1) is 4.66. The molecule has 10 heavy (non-hydrogen) atoms. The molecule has 0 fully saturated rings. The van der Waals surface area contributed by atoms with Gasteiger partial charge in [-0.2, -0.15) is 0 Å². The van der Waals surface area contributed by atoms with Crippen molar-refractivity contribution in [1.29, 1.82) is 0 Å². The van der Waals surface area contributed by atoms with Crippen molar-refractivity contribution < 1.29 is 9.53 Å². The molecule has 0 aromatic carbocycles. The fourth-order valence-corrected chi connectivity index (χ4v) is 2.03. The summed E-state index contributed by atoms with van der Waals surface area (Å²) in [6, 6.07) is 0. The number of carbonyl (C=O) groups is 1. The minimum absolute atomic E-state index is 0.0167. The normalized spacial score (nSPS) is 9.50. The molecule has 0 aliphatic heterocycles. The monoisotopic (exact) mass is 267 g/mol. The fourth-order valence-electron chi connectivity index (χ4n) is 0.475. The van der Waals surface area contributed by atoms with E-state index in [0.717, 1.165) is 4.44 Å². The summed E-state index contributed by atoms with van der Waals surface area (Å²) >= 11 is -0.607. The molecule has 0 atom stereocenters. The van der Waals surface area contributed by atoms with Crippen molar-refractivity contribution >= 4 is 34.5 Å². The summed E-state index contributed by atoms with van der Waals surface area (Å²) in [5.74, 6) is -0.0965. The molecule has 0 amide bonds. The van der Waals surface area contributed by atoms with Crippen molar-refractivity contribution in [3.63, 3.8) is 0 Å². The Labute approximate surface area is 74.7 Å². The van der Waals surface area contributed by atoms with Crippen LogP contribution in [0, 0.1) is 0 Å². The Bertz CT molecular complexity index is 125. The molecule has 0 aliphatic rings. The fraction of sp³-hybridized carbons (Fsp3) is 0.833. The average molecular weight is 266 g/mol. The van der Waals surface area contributed by atoms with E-state index >= 15 is 0 Å². The van der Waals surface area contributed by atoms with Gasteiger partial charge < -0.3 is 0 Å². The summed E-state index contributed by atoms with van der Waals surface area (Å²) in [4.78, 5) is 10.8. The van der Waals surface area contributed by atoms with E-state index in [2.05, 4.69) is 0 Å². The van der Waals surface area contributed by atoms with E-state index in [1.807, 2.05) is 13.8 Å². The third-order valence-electron chi connectivity index (χ3n) is 0.798. The summed E-state index contributed by atoms with van der Waals surface area (Å²) < 4.78 is 5.82. The predicted octanol–water partition coefficient (Wildman–Crippen LogP) is 1.56. The standard InChI is InChI=1S/C6H11O2.S.Sn/c1-4-6(7)8-5(2)3;;/h5H,1,4H2,2-3H3;;. The van der Waals surface area contributed by atoms with Crippen LogP contribution in [0.2, 0.25) is 4.44 Å². The minimum atomic E-state index is -0.607. The molecular formula is C6H11O2SSn. The van der Waals surface area contributed by atoms with Crippen LogP contribution in [0.3, 0.4) is 0 Å². The molecule has 0 aliphatic carbocycles. The Morgan fingerprint density at radius 2 is 2.30 bits per heavy atom. The zero-order valence-electron chi connectivity index (χ0n) is 6.22. The Morgan fingerprint density at radius 1 is 1.70 bits per heavy atom. The Hall–Kier alpha value is 0.489. The third-order valence-corrected chi connectivity index (χ3v) is 3.46. The van der Waals surface area contributed by atoms with Gasteiger partial charge in [-0.25, -0.2) is 0 Å². The number of hydrogen-bond donors (Lipinski definition) is 0. The van der Waals surface area contributed by atoms with E-state index < -0.39 is 19.2 Å². The maximum absolute atomic E-state index is 10.8. The molecule has 57 valence electrons. The van der Waals surface area contributed by atoms with E-state index in [9.17, 15) is 4.79 Å². The molecule has 0 heterocycles. The van der Waals surface area contributed by atoms with E-state index in [1.165, 1.54) is 0 Å². The molecule has 0 saturated carbocycles. The first kappa shape index (κ1) is 10.5. The summed E-state index contributed by atoms with van der Waals surface area (Å²) in [5, 5.41) is 0. The Balaban J connectivity index is 3.34. The number of esters is 1. The SMILES string of the molecule is CC(C)OC(=O)C[CH2][Sn]=[S]. The second-order valence-electron chi connectivity index (χ2n) is 2.18. The van der Waals surface area contributed by atoms with Crippen molar-refractivity contribution in [2.24, 2.45) is 0 Å². The van der Waals surface area contributed by atoms with E-state index in [4.69, 9.17) is 14.0 Å². The first-order valence-corrected chi connectivity index (χ1v) is 9.13. The summed E-state index contributed by atoms with van der Waals surface area (Å²) in [7, 11) is 4.85. The third kappa shape index (κ3) is 6.61. The Morgan fingerprint density at radius 3 is 2.70 bits per heavy atom. The van der Waals surface area contributed by atoms with Crippen LogP contribution in [-0.4, -0.2) is 31.3 Å². The van der Waals surface area contributed by atoms with Crippen LogP contribution in [0.5, 0.6) is 0 Å². The zero-order valence-corrected chi connectivity index (χ0v) is 9.89. The van der Waals surface area contributed by atoms with Crippen LogP contribution in [0.1, 0.15) is 20.3 Å².